The van der Waals surface area contributed by atoms with E-state index in [-0.39, 0.29) is 18.4 Å². The van der Waals surface area contributed by atoms with Crippen LogP contribution in [0.5, 0.6) is 11.5 Å². The lowest BCUT2D eigenvalue weighted by Gasteiger charge is -2.25. The third-order valence-electron chi connectivity index (χ3n) is 4.13. The second-order valence-electron chi connectivity index (χ2n) is 6.15. The van der Waals surface area contributed by atoms with Crippen LogP contribution in [-0.2, 0) is 22.6 Å². The number of anilines is 2. The zero-order chi connectivity index (χ0) is 19.4. The number of amides is 2. The fraction of sp³-hybridized carbons (Fsp3) is 0.389. The highest BCUT2D eigenvalue weighted by molar-refractivity contribution is 7.15. The summed E-state index contributed by atoms with van der Waals surface area (Å²) in [5.74, 6) is 0.942. The summed E-state index contributed by atoms with van der Waals surface area (Å²) in [6.45, 7) is 3.13. The lowest BCUT2D eigenvalue weighted by molar-refractivity contribution is -0.117. The van der Waals surface area contributed by atoms with E-state index in [1.54, 1.807) is 32.4 Å². The average molecular weight is 390 g/mol. The molecule has 0 saturated heterocycles. The van der Waals surface area contributed by atoms with E-state index in [0.29, 0.717) is 28.9 Å². The lowest BCUT2D eigenvalue weighted by atomic mass is 10.2. The van der Waals surface area contributed by atoms with Crippen molar-refractivity contribution in [2.45, 2.75) is 19.9 Å². The molecule has 1 aromatic heterocycles. The Morgan fingerprint density at radius 3 is 2.70 bits per heavy atom. The molecule has 2 heterocycles. The molecule has 1 aromatic carbocycles. The third-order valence-corrected chi connectivity index (χ3v) is 5.13. The van der Waals surface area contributed by atoms with Crippen molar-refractivity contribution in [3.63, 3.8) is 0 Å². The van der Waals surface area contributed by atoms with Gasteiger partial charge in [0.1, 0.15) is 0 Å². The Kier molecular flexibility index (Phi) is 5.92. The first-order chi connectivity index (χ1) is 13.0. The quantitative estimate of drug-likeness (QED) is 0.785. The fourth-order valence-electron chi connectivity index (χ4n) is 2.90. The minimum atomic E-state index is -0.132. The van der Waals surface area contributed by atoms with E-state index in [9.17, 15) is 9.59 Å². The molecule has 0 radical (unpaired) electrons. The number of hydrogen-bond donors (Lipinski definition) is 2. The van der Waals surface area contributed by atoms with Crippen molar-refractivity contribution in [3.05, 3.63) is 28.8 Å². The number of nitrogens with one attached hydrogen (secondary N) is 2. The van der Waals surface area contributed by atoms with Crippen LogP contribution in [0.4, 0.5) is 10.8 Å². The number of carbonyl (C=O) groups excluding carboxylic acids is 2. The minimum Gasteiger partial charge on any atom is -0.493 e. The summed E-state index contributed by atoms with van der Waals surface area (Å²) in [7, 11) is 3.12. The van der Waals surface area contributed by atoms with Crippen LogP contribution in [0.25, 0.3) is 0 Å². The topological polar surface area (TPSA) is 92.8 Å². The summed E-state index contributed by atoms with van der Waals surface area (Å²) in [5, 5.41) is 6.22. The number of hydrogen-bond acceptors (Lipinski definition) is 7. The van der Waals surface area contributed by atoms with Crippen LogP contribution in [0, 0.1) is 0 Å². The number of methoxy groups -OCH3 is 2. The number of rotatable bonds is 6. The van der Waals surface area contributed by atoms with Gasteiger partial charge in [-0.05, 0) is 12.1 Å². The summed E-state index contributed by atoms with van der Waals surface area (Å²) in [4.78, 5) is 31.2. The van der Waals surface area contributed by atoms with Crippen LogP contribution in [0.2, 0.25) is 0 Å². The zero-order valence-electron chi connectivity index (χ0n) is 15.5. The van der Waals surface area contributed by atoms with Gasteiger partial charge < -0.3 is 20.1 Å². The number of nitrogens with zero attached hydrogens (tertiary/aromatic N) is 2. The summed E-state index contributed by atoms with van der Waals surface area (Å²) in [5.41, 5.74) is 1.65. The van der Waals surface area contributed by atoms with Gasteiger partial charge in [-0.1, -0.05) is 0 Å². The zero-order valence-corrected chi connectivity index (χ0v) is 16.3. The fourth-order valence-corrected chi connectivity index (χ4v) is 4.00. The Morgan fingerprint density at radius 1 is 1.22 bits per heavy atom. The molecule has 0 bridgehead atoms. The Labute approximate surface area is 161 Å². The van der Waals surface area contributed by atoms with Crippen LogP contribution >= 0.6 is 11.3 Å². The van der Waals surface area contributed by atoms with Crippen molar-refractivity contribution in [1.82, 2.24) is 9.88 Å². The van der Waals surface area contributed by atoms with Gasteiger partial charge in [-0.25, -0.2) is 4.98 Å². The second kappa shape index (κ2) is 8.36. The molecular formula is C18H22N4O4S. The maximum absolute atomic E-state index is 12.4. The molecule has 1 aliphatic rings. The van der Waals surface area contributed by atoms with Crippen LogP contribution in [0.3, 0.4) is 0 Å². The predicted octanol–water partition coefficient (Wildman–Crippen LogP) is 2.12. The summed E-state index contributed by atoms with van der Waals surface area (Å²) < 4.78 is 10.5. The molecular weight excluding hydrogens is 368 g/mol. The number of aromatic nitrogens is 1. The molecule has 2 amide bonds. The van der Waals surface area contributed by atoms with E-state index in [1.165, 1.54) is 18.3 Å². The van der Waals surface area contributed by atoms with Crippen LogP contribution in [0.15, 0.2) is 18.2 Å². The molecule has 3 rings (SSSR count). The SMILES string of the molecule is COc1ccc(NC(=O)CN2CCc3nc(NC(C)=O)sc3C2)cc1OC. The number of carbonyl (C=O) groups is 2. The first-order valence-corrected chi connectivity index (χ1v) is 9.30. The van der Waals surface area contributed by atoms with E-state index in [0.717, 1.165) is 23.5 Å². The number of thiazole rings is 1. The van der Waals surface area contributed by atoms with Crippen molar-refractivity contribution in [3.8, 4) is 11.5 Å². The molecule has 1 aliphatic heterocycles. The normalized spacial score (nSPS) is 13.6. The van der Waals surface area contributed by atoms with Gasteiger partial charge in [0.05, 0.1) is 26.5 Å². The van der Waals surface area contributed by atoms with Crippen molar-refractivity contribution in [2.24, 2.45) is 0 Å². The first kappa shape index (κ1) is 19.1. The number of ether oxygens (including phenoxy) is 2. The highest BCUT2D eigenvalue weighted by Gasteiger charge is 2.22. The van der Waals surface area contributed by atoms with Gasteiger partial charge in [-0.2, -0.15) is 0 Å². The second-order valence-corrected chi connectivity index (χ2v) is 7.23. The van der Waals surface area contributed by atoms with Crippen molar-refractivity contribution in [2.75, 3.05) is 37.9 Å². The van der Waals surface area contributed by atoms with Crippen LogP contribution < -0.4 is 20.1 Å². The van der Waals surface area contributed by atoms with Crippen LogP contribution in [-0.4, -0.2) is 49.0 Å². The standard InChI is InChI=1S/C18H22N4O4S/c1-11(23)19-18-21-13-6-7-22(9-16(13)27-18)10-17(24)20-12-4-5-14(25-2)15(8-12)26-3/h4-5,8H,6-7,9-10H2,1-3H3,(H,20,24)(H,19,21,23). The molecule has 9 heteroatoms. The molecule has 0 atom stereocenters. The number of benzene rings is 1. The molecule has 2 aromatic rings. The van der Waals surface area contributed by atoms with Gasteiger partial charge in [-0.15, -0.1) is 11.3 Å². The summed E-state index contributed by atoms with van der Waals surface area (Å²) in [6, 6.07) is 5.26. The first-order valence-electron chi connectivity index (χ1n) is 8.49. The van der Waals surface area contributed by atoms with Crippen molar-refractivity contribution in [1.29, 1.82) is 0 Å². The average Bonchev–Trinajstić information content (AvgIpc) is 3.02. The lowest BCUT2D eigenvalue weighted by Crippen LogP contribution is -2.36. The van der Waals surface area contributed by atoms with Gasteiger partial charge in [0, 0.05) is 43.1 Å². The van der Waals surface area contributed by atoms with Gasteiger partial charge in [-0.3, -0.25) is 14.5 Å². The van der Waals surface area contributed by atoms with Gasteiger partial charge >= 0.3 is 0 Å². The Bertz CT molecular complexity index is 852. The Hall–Kier alpha value is -2.65. The van der Waals surface area contributed by atoms with E-state index in [1.807, 2.05) is 0 Å². The van der Waals surface area contributed by atoms with Crippen LogP contribution in [0.1, 0.15) is 17.5 Å². The number of fused-ring (bicyclic) bond motifs is 1. The summed E-state index contributed by atoms with van der Waals surface area (Å²) in [6.07, 6.45) is 0.759. The van der Waals surface area contributed by atoms with E-state index < -0.39 is 0 Å². The van der Waals surface area contributed by atoms with E-state index in [4.69, 9.17) is 9.47 Å². The predicted molar refractivity (Wildman–Crippen MR) is 104 cm³/mol. The molecule has 2 N–H and O–H groups in total. The maximum atomic E-state index is 12.4. The third kappa shape index (κ3) is 4.75. The molecule has 0 aliphatic carbocycles. The molecule has 0 fully saturated rings. The van der Waals surface area contributed by atoms with Crippen molar-refractivity contribution < 1.29 is 19.1 Å². The highest BCUT2D eigenvalue weighted by Crippen LogP contribution is 2.30. The largest absolute Gasteiger partial charge is 0.493 e. The maximum Gasteiger partial charge on any atom is 0.238 e. The molecule has 8 nitrogen and oxygen atoms in total. The van der Waals surface area contributed by atoms with Crippen molar-refractivity contribution >= 4 is 34.0 Å². The minimum absolute atomic E-state index is 0.0998. The van der Waals surface area contributed by atoms with E-state index in [2.05, 4.69) is 20.5 Å². The smallest absolute Gasteiger partial charge is 0.238 e. The monoisotopic (exact) mass is 390 g/mol. The Balaban J connectivity index is 1.59. The molecule has 0 saturated carbocycles. The van der Waals surface area contributed by atoms with Gasteiger partial charge in [0.2, 0.25) is 11.8 Å². The molecule has 27 heavy (non-hydrogen) atoms. The van der Waals surface area contributed by atoms with Gasteiger partial charge in [0.15, 0.2) is 16.6 Å². The van der Waals surface area contributed by atoms with E-state index >= 15 is 0 Å². The van der Waals surface area contributed by atoms with Gasteiger partial charge in [0.25, 0.3) is 0 Å². The molecule has 144 valence electrons. The molecule has 0 unspecified atom stereocenters. The highest BCUT2D eigenvalue weighted by atomic mass is 32.1. The molecule has 0 spiro atoms. The summed E-state index contributed by atoms with van der Waals surface area (Å²) >= 11 is 1.46. The Morgan fingerprint density at radius 2 is 2.00 bits per heavy atom.